The standard InChI is InChI=1S/C11H19N3O/c1-9(2)14(7-10(13)15)8-11(3-4-11)5-6-12/h9H,3-5,7-8H2,1-2H3,(H2,13,15). The van der Waals surface area contributed by atoms with Gasteiger partial charge in [0.25, 0.3) is 0 Å². The highest BCUT2D eigenvalue weighted by atomic mass is 16.1. The van der Waals surface area contributed by atoms with Crippen LogP contribution < -0.4 is 5.73 Å². The van der Waals surface area contributed by atoms with E-state index in [1.807, 2.05) is 13.8 Å². The van der Waals surface area contributed by atoms with E-state index in [1.165, 1.54) is 0 Å². The Morgan fingerprint density at radius 3 is 2.53 bits per heavy atom. The lowest BCUT2D eigenvalue weighted by Crippen LogP contribution is -2.41. The predicted octanol–water partition coefficient (Wildman–Crippen LogP) is 0.876. The molecule has 1 aliphatic carbocycles. The van der Waals surface area contributed by atoms with E-state index in [9.17, 15) is 4.79 Å². The Labute approximate surface area is 91.0 Å². The maximum Gasteiger partial charge on any atom is 0.231 e. The largest absolute Gasteiger partial charge is 0.369 e. The lowest BCUT2D eigenvalue weighted by Gasteiger charge is -2.28. The first-order chi connectivity index (χ1) is 6.99. The summed E-state index contributed by atoms with van der Waals surface area (Å²) in [5, 5.41) is 8.72. The van der Waals surface area contributed by atoms with Crippen molar-refractivity contribution in [1.82, 2.24) is 4.90 Å². The second kappa shape index (κ2) is 4.63. The predicted molar refractivity (Wildman–Crippen MR) is 57.8 cm³/mol. The van der Waals surface area contributed by atoms with Crippen LogP contribution in [0.2, 0.25) is 0 Å². The highest BCUT2D eigenvalue weighted by molar-refractivity contribution is 5.75. The molecule has 1 amide bonds. The van der Waals surface area contributed by atoms with Crippen LogP contribution in [0.4, 0.5) is 0 Å². The molecule has 0 saturated heterocycles. The molecule has 0 aromatic carbocycles. The Balaban J connectivity index is 2.52. The first-order valence-electron chi connectivity index (χ1n) is 5.38. The highest BCUT2D eigenvalue weighted by Crippen LogP contribution is 2.49. The molecule has 4 heteroatoms. The third kappa shape index (κ3) is 3.52. The third-order valence-corrected chi connectivity index (χ3v) is 3.04. The number of amides is 1. The summed E-state index contributed by atoms with van der Waals surface area (Å²) in [6, 6.07) is 2.52. The van der Waals surface area contributed by atoms with Gasteiger partial charge in [0.2, 0.25) is 5.91 Å². The van der Waals surface area contributed by atoms with Gasteiger partial charge in [-0.25, -0.2) is 0 Å². The molecule has 1 fully saturated rings. The summed E-state index contributed by atoms with van der Waals surface area (Å²) < 4.78 is 0. The molecule has 0 aromatic rings. The van der Waals surface area contributed by atoms with Crippen LogP contribution >= 0.6 is 0 Å². The zero-order valence-corrected chi connectivity index (χ0v) is 9.49. The molecule has 0 bridgehead atoms. The average Bonchev–Trinajstić information content (AvgIpc) is 2.83. The number of nitrogens with zero attached hydrogens (tertiary/aromatic N) is 2. The molecule has 1 rings (SSSR count). The van der Waals surface area contributed by atoms with E-state index in [1.54, 1.807) is 0 Å². The molecule has 84 valence electrons. The van der Waals surface area contributed by atoms with Gasteiger partial charge in [0.05, 0.1) is 12.6 Å². The maximum atomic E-state index is 10.9. The fraction of sp³-hybridized carbons (Fsp3) is 0.818. The smallest absolute Gasteiger partial charge is 0.231 e. The van der Waals surface area contributed by atoms with Gasteiger partial charge in [0, 0.05) is 19.0 Å². The van der Waals surface area contributed by atoms with Crippen LogP contribution in [0.5, 0.6) is 0 Å². The van der Waals surface area contributed by atoms with Gasteiger partial charge in [-0.15, -0.1) is 0 Å². The van der Waals surface area contributed by atoms with Crippen molar-refractivity contribution in [2.45, 2.75) is 39.2 Å². The monoisotopic (exact) mass is 209 g/mol. The van der Waals surface area contributed by atoms with Gasteiger partial charge in [-0.2, -0.15) is 5.26 Å². The molecular weight excluding hydrogens is 190 g/mol. The van der Waals surface area contributed by atoms with Crippen molar-refractivity contribution >= 4 is 5.91 Å². The molecular formula is C11H19N3O. The summed E-state index contributed by atoms with van der Waals surface area (Å²) in [5.41, 5.74) is 5.35. The third-order valence-electron chi connectivity index (χ3n) is 3.04. The molecule has 0 aliphatic heterocycles. The van der Waals surface area contributed by atoms with Gasteiger partial charge < -0.3 is 5.73 Å². The number of hydrogen-bond donors (Lipinski definition) is 1. The van der Waals surface area contributed by atoms with Crippen molar-refractivity contribution < 1.29 is 4.79 Å². The number of carbonyl (C=O) groups excluding carboxylic acids is 1. The minimum absolute atomic E-state index is 0.147. The van der Waals surface area contributed by atoms with Crippen LogP contribution in [0, 0.1) is 16.7 Å². The highest BCUT2D eigenvalue weighted by Gasteiger charge is 2.44. The van der Waals surface area contributed by atoms with E-state index in [-0.39, 0.29) is 11.3 Å². The van der Waals surface area contributed by atoms with E-state index < -0.39 is 0 Å². The fourth-order valence-corrected chi connectivity index (χ4v) is 1.79. The summed E-state index contributed by atoms with van der Waals surface area (Å²) >= 11 is 0. The quantitative estimate of drug-likeness (QED) is 0.705. The van der Waals surface area contributed by atoms with Gasteiger partial charge in [-0.05, 0) is 32.1 Å². The van der Waals surface area contributed by atoms with Gasteiger partial charge >= 0.3 is 0 Å². The van der Waals surface area contributed by atoms with Gasteiger partial charge in [0.15, 0.2) is 0 Å². The maximum absolute atomic E-state index is 10.9. The van der Waals surface area contributed by atoms with Crippen molar-refractivity contribution in [3.05, 3.63) is 0 Å². The Hall–Kier alpha value is -1.08. The summed E-state index contributed by atoms with van der Waals surface area (Å²) in [6.45, 7) is 5.21. The van der Waals surface area contributed by atoms with Crippen LogP contribution in [-0.4, -0.2) is 29.9 Å². The fourth-order valence-electron chi connectivity index (χ4n) is 1.79. The minimum atomic E-state index is -0.295. The number of carbonyl (C=O) groups is 1. The van der Waals surface area contributed by atoms with Crippen LogP contribution in [0.1, 0.15) is 33.1 Å². The lowest BCUT2D eigenvalue weighted by atomic mass is 10.0. The van der Waals surface area contributed by atoms with Crippen LogP contribution in [0.3, 0.4) is 0 Å². The van der Waals surface area contributed by atoms with Gasteiger partial charge in [0.1, 0.15) is 0 Å². The molecule has 15 heavy (non-hydrogen) atoms. The van der Waals surface area contributed by atoms with Crippen LogP contribution in [0.25, 0.3) is 0 Å². The first kappa shape index (κ1) is 12.0. The normalized spacial score (nSPS) is 17.8. The zero-order valence-electron chi connectivity index (χ0n) is 9.49. The van der Waals surface area contributed by atoms with Gasteiger partial charge in [-0.1, -0.05) is 0 Å². The molecule has 0 spiro atoms. The molecule has 0 atom stereocenters. The molecule has 1 saturated carbocycles. The summed E-state index contributed by atoms with van der Waals surface area (Å²) in [7, 11) is 0. The number of nitriles is 1. The Morgan fingerprint density at radius 1 is 1.60 bits per heavy atom. The van der Waals surface area contributed by atoms with Crippen molar-refractivity contribution in [2.24, 2.45) is 11.1 Å². The number of nitrogens with two attached hydrogens (primary N) is 1. The van der Waals surface area contributed by atoms with Crippen molar-refractivity contribution in [3.63, 3.8) is 0 Å². The molecule has 2 N–H and O–H groups in total. The van der Waals surface area contributed by atoms with Crippen LogP contribution in [0.15, 0.2) is 0 Å². The number of hydrogen-bond acceptors (Lipinski definition) is 3. The van der Waals surface area contributed by atoms with E-state index in [4.69, 9.17) is 11.0 Å². The second-order valence-corrected chi connectivity index (χ2v) is 4.80. The summed E-state index contributed by atoms with van der Waals surface area (Å²) in [4.78, 5) is 13.0. The average molecular weight is 209 g/mol. The van der Waals surface area contributed by atoms with E-state index >= 15 is 0 Å². The van der Waals surface area contributed by atoms with Crippen molar-refractivity contribution in [3.8, 4) is 6.07 Å². The topological polar surface area (TPSA) is 70.1 Å². The molecule has 1 aliphatic rings. The molecule has 4 nitrogen and oxygen atoms in total. The van der Waals surface area contributed by atoms with Gasteiger partial charge in [-0.3, -0.25) is 9.69 Å². The summed E-state index contributed by atoms with van der Waals surface area (Å²) in [6.07, 6.45) is 2.79. The number of rotatable bonds is 6. The SMILES string of the molecule is CC(C)N(CC(N)=O)CC1(CC#N)CC1. The number of primary amides is 1. The van der Waals surface area contributed by atoms with Crippen molar-refractivity contribution in [1.29, 1.82) is 5.26 Å². The van der Waals surface area contributed by atoms with E-state index in [0.717, 1.165) is 19.4 Å². The first-order valence-corrected chi connectivity index (χ1v) is 5.38. The Kier molecular flexibility index (Phi) is 3.70. The Bertz CT molecular complexity index is 276. The van der Waals surface area contributed by atoms with Crippen molar-refractivity contribution in [2.75, 3.05) is 13.1 Å². The van der Waals surface area contributed by atoms with Crippen LogP contribution in [-0.2, 0) is 4.79 Å². The van der Waals surface area contributed by atoms with E-state index in [0.29, 0.717) is 19.0 Å². The molecule has 0 heterocycles. The lowest BCUT2D eigenvalue weighted by molar-refractivity contribution is -0.119. The second-order valence-electron chi connectivity index (χ2n) is 4.80. The molecule has 0 radical (unpaired) electrons. The minimum Gasteiger partial charge on any atom is -0.369 e. The molecule has 0 unspecified atom stereocenters. The Morgan fingerprint density at radius 2 is 2.20 bits per heavy atom. The summed E-state index contributed by atoms with van der Waals surface area (Å²) in [5.74, 6) is -0.295. The zero-order chi connectivity index (χ0) is 11.5. The molecule has 0 aromatic heterocycles. The van der Waals surface area contributed by atoms with E-state index in [2.05, 4.69) is 11.0 Å².